The maximum Gasteiger partial charge on any atom is 0.350 e. The predicted octanol–water partition coefficient (Wildman–Crippen LogP) is 3.62. The summed E-state index contributed by atoms with van der Waals surface area (Å²) in [6.07, 6.45) is 0. The predicted molar refractivity (Wildman–Crippen MR) is 106 cm³/mol. The molecular weight excluding hydrogens is 400 g/mol. The first-order valence-electron chi connectivity index (χ1n) is 8.44. The summed E-state index contributed by atoms with van der Waals surface area (Å²) in [6, 6.07) is 6.73. The molecule has 0 aliphatic carbocycles. The van der Waals surface area contributed by atoms with Crippen LogP contribution in [-0.4, -0.2) is 32.2 Å². The van der Waals surface area contributed by atoms with Gasteiger partial charge in [0.15, 0.2) is 5.13 Å². The van der Waals surface area contributed by atoms with Crippen molar-refractivity contribution in [1.82, 2.24) is 13.7 Å². The van der Waals surface area contributed by atoms with Crippen LogP contribution in [0.2, 0.25) is 0 Å². The number of carbonyl (C=O) groups is 2. The molecule has 2 heterocycles. The number of aryl methyl sites for hydroxylation is 2. The molecule has 3 rings (SSSR count). The van der Waals surface area contributed by atoms with Crippen molar-refractivity contribution in [3.8, 4) is 5.75 Å². The summed E-state index contributed by atoms with van der Waals surface area (Å²) in [5.41, 5.74) is 2.61. The SMILES string of the molecule is CCOC(=O)c1sc(NC(=O)c2ccc(OCc3nsnc3C)cc2)nc1C. The van der Waals surface area contributed by atoms with Crippen molar-refractivity contribution in [1.29, 1.82) is 0 Å². The molecular formula is C18H18N4O4S2. The Morgan fingerprint density at radius 1 is 1.11 bits per heavy atom. The number of nitrogens with one attached hydrogen (secondary N) is 1. The van der Waals surface area contributed by atoms with Crippen LogP contribution in [-0.2, 0) is 11.3 Å². The van der Waals surface area contributed by atoms with Crippen molar-refractivity contribution in [2.24, 2.45) is 0 Å². The fraction of sp³-hybridized carbons (Fsp3) is 0.278. The van der Waals surface area contributed by atoms with Crippen LogP contribution < -0.4 is 10.1 Å². The number of ether oxygens (including phenoxy) is 2. The highest BCUT2D eigenvalue weighted by Gasteiger charge is 2.18. The second-order valence-corrected chi connectivity index (χ2v) is 7.25. The third kappa shape index (κ3) is 4.70. The summed E-state index contributed by atoms with van der Waals surface area (Å²) in [5, 5.41) is 3.05. The van der Waals surface area contributed by atoms with Gasteiger partial charge >= 0.3 is 5.97 Å². The zero-order valence-electron chi connectivity index (χ0n) is 15.5. The second kappa shape index (κ2) is 8.89. The first kappa shape index (κ1) is 19.9. The molecule has 0 spiro atoms. The van der Waals surface area contributed by atoms with Gasteiger partial charge in [0, 0.05) is 5.56 Å². The number of thiazole rings is 1. The van der Waals surface area contributed by atoms with Crippen LogP contribution in [0.4, 0.5) is 5.13 Å². The zero-order chi connectivity index (χ0) is 20.1. The van der Waals surface area contributed by atoms with Gasteiger partial charge in [0.05, 0.1) is 29.7 Å². The molecule has 0 atom stereocenters. The smallest absolute Gasteiger partial charge is 0.350 e. The molecule has 0 fully saturated rings. The Morgan fingerprint density at radius 3 is 2.50 bits per heavy atom. The Hall–Kier alpha value is -2.85. The molecule has 0 saturated carbocycles. The van der Waals surface area contributed by atoms with Crippen molar-refractivity contribution in [2.75, 3.05) is 11.9 Å². The van der Waals surface area contributed by atoms with Gasteiger partial charge in [-0.25, -0.2) is 9.78 Å². The lowest BCUT2D eigenvalue weighted by Gasteiger charge is -2.06. The van der Waals surface area contributed by atoms with Crippen LogP contribution in [0.1, 0.15) is 44.0 Å². The van der Waals surface area contributed by atoms with Gasteiger partial charge < -0.3 is 9.47 Å². The number of amides is 1. The Bertz CT molecular complexity index is 982. The number of rotatable bonds is 7. The van der Waals surface area contributed by atoms with Crippen LogP contribution in [0.5, 0.6) is 5.75 Å². The van der Waals surface area contributed by atoms with Crippen LogP contribution in [0.3, 0.4) is 0 Å². The number of hydrogen-bond donors (Lipinski definition) is 1. The maximum atomic E-state index is 12.4. The van der Waals surface area contributed by atoms with Crippen LogP contribution >= 0.6 is 23.1 Å². The first-order chi connectivity index (χ1) is 13.5. The zero-order valence-corrected chi connectivity index (χ0v) is 17.1. The first-order valence-corrected chi connectivity index (χ1v) is 9.99. The lowest BCUT2D eigenvalue weighted by Crippen LogP contribution is -2.11. The van der Waals surface area contributed by atoms with Crippen molar-refractivity contribution >= 4 is 40.1 Å². The summed E-state index contributed by atoms with van der Waals surface area (Å²) in [6.45, 7) is 5.92. The average molecular weight is 419 g/mol. The topological polar surface area (TPSA) is 103 Å². The van der Waals surface area contributed by atoms with Crippen LogP contribution in [0, 0.1) is 13.8 Å². The van der Waals surface area contributed by atoms with Gasteiger partial charge in [0.1, 0.15) is 22.9 Å². The molecule has 0 saturated heterocycles. The normalized spacial score (nSPS) is 10.5. The van der Waals surface area contributed by atoms with E-state index in [0.717, 1.165) is 34.5 Å². The molecule has 28 heavy (non-hydrogen) atoms. The molecule has 0 bridgehead atoms. The quantitative estimate of drug-likeness (QED) is 0.585. The third-order valence-corrected chi connectivity index (χ3v) is 5.43. The number of carbonyl (C=O) groups excluding carboxylic acids is 2. The van der Waals surface area contributed by atoms with E-state index < -0.39 is 5.97 Å². The highest BCUT2D eigenvalue weighted by Crippen LogP contribution is 2.24. The molecule has 0 radical (unpaired) electrons. The number of anilines is 1. The van der Waals surface area contributed by atoms with E-state index in [9.17, 15) is 9.59 Å². The Labute approximate surface area is 169 Å². The highest BCUT2D eigenvalue weighted by molar-refractivity contribution is 7.17. The average Bonchev–Trinajstić information content (AvgIpc) is 3.25. The second-order valence-electron chi connectivity index (χ2n) is 5.72. The minimum Gasteiger partial charge on any atom is -0.487 e. The Kier molecular flexibility index (Phi) is 6.32. The van der Waals surface area contributed by atoms with E-state index in [2.05, 4.69) is 19.0 Å². The summed E-state index contributed by atoms with van der Waals surface area (Å²) in [7, 11) is 0. The lowest BCUT2D eigenvalue weighted by molar-refractivity contribution is 0.0531. The number of hydrogen-bond acceptors (Lipinski definition) is 9. The molecule has 10 heteroatoms. The lowest BCUT2D eigenvalue weighted by atomic mass is 10.2. The molecule has 0 aliphatic rings. The fourth-order valence-corrected chi connectivity index (χ4v) is 3.65. The molecule has 1 aromatic carbocycles. The monoisotopic (exact) mass is 418 g/mol. The van der Waals surface area contributed by atoms with Crippen LogP contribution in [0.25, 0.3) is 0 Å². The van der Waals surface area contributed by atoms with E-state index in [0.29, 0.717) is 33.6 Å². The van der Waals surface area contributed by atoms with E-state index in [1.54, 1.807) is 38.1 Å². The molecule has 0 aliphatic heterocycles. The minimum absolute atomic E-state index is 0.283. The van der Waals surface area contributed by atoms with Crippen molar-refractivity contribution in [2.45, 2.75) is 27.4 Å². The summed E-state index contributed by atoms with van der Waals surface area (Å²) in [4.78, 5) is 28.9. The Morgan fingerprint density at radius 2 is 1.86 bits per heavy atom. The van der Waals surface area contributed by atoms with Crippen LogP contribution in [0.15, 0.2) is 24.3 Å². The maximum absolute atomic E-state index is 12.4. The van der Waals surface area contributed by atoms with Gasteiger partial charge in [-0.05, 0) is 45.0 Å². The standard InChI is InChI=1S/C18H18N4O4S2/c1-4-25-17(24)15-11(3)19-18(27-15)20-16(23)12-5-7-13(8-6-12)26-9-14-10(2)21-28-22-14/h5-8H,4,9H2,1-3H3,(H,19,20,23). The fourth-order valence-electron chi connectivity index (χ4n) is 2.24. The van der Waals surface area contributed by atoms with E-state index in [1.807, 2.05) is 6.92 Å². The molecule has 3 aromatic rings. The number of benzene rings is 1. The van der Waals surface area contributed by atoms with Crippen molar-refractivity contribution in [3.63, 3.8) is 0 Å². The van der Waals surface area contributed by atoms with Gasteiger partial charge in [-0.2, -0.15) is 8.75 Å². The van der Waals surface area contributed by atoms with Crippen molar-refractivity contribution < 1.29 is 19.1 Å². The molecule has 1 amide bonds. The van der Waals surface area contributed by atoms with Gasteiger partial charge in [-0.15, -0.1) is 0 Å². The van der Waals surface area contributed by atoms with Gasteiger partial charge in [-0.1, -0.05) is 11.3 Å². The molecule has 2 aromatic heterocycles. The van der Waals surface area contributed by atoms with E-state index in [1.165, 1.54) is 0 Å². The summed E-state index contributed by atoms with van der Waals surface area (Å²) in [5.74, 6) is -0.140. The number of aromatic nitrogens is 3. The molecule has 0 unspecified atom stereocenters. The van der Waals surface area contributed by atoms with Crippen molar-refractivity contribution in [3.05, 3.63) is 51.8 Å². The van der Waals surface area contributed by atoms with Gasteiger partial charge in [0.2, 0.25) is 0 Å². The number of nitrogens with zero attached hydrogens (tertiary/aromatic N) is 3. The van der Waals surface area contributed by atoms with E-state index in [4.69, 9.17) is 9.47 Å². The highest BCUT2D eigenvalue weighted by atomic mass is 32.1. The third-order valence-electron chi connectivity index (χ3n) is 3.72. The largest absolute Gasteiger partial charge is 0.487 e. The van der Waals surface area contributed by atoms with E-state index in [-0.39, 0.29) is 12.5 Å². The van der Waals surface area contributed by atoms with Gasteiger partial charge in [-0.3, -0.25) is 10.1 Å². The summed E-state index contributed by atoms with van der Waals surface area (Å²) >= 11 is 2.24. The van der Waals surface area contributed by atoms with Gasteiger partial charge in [0.25, 0.3) is 5.91 Å². The minimum atomic E-state index is -0.440. The molecule has 1 N–H and O–H groups in total. The Balaban J connectivity index is 1.61. The van der Waals surface area contributed by atoms with E-state index >= 15 is 0 Å². The molecule has 8 nitrogen and oxygen atoms in total. The number of esters is 1. The molecule has 146 valence electrons. The summed E-state index contributed by atoms with van der Waals surface area (Å²) < 4.78 is 18.9.